The Labute approximate surface area is 214 Å². The van der Waals surface area contributed by atoms with Crippen LogP contribution in [0.5, 0.6) is 0 Å². The molecule has 1 aromatic carbocycles. The summed E-state index contributed by atoms with van der Waals surface area (Å²) in [7, 11) is 0. The van der Waals surface area contributed by atoms with Crippen LogP contribution < -0.4 is 5.32 Å². The van der Waals surface area contributed by atoms with Crippen LogP contribution >= 0.6 is 0 Å². The van der Waals surface area contributed by atoms with Gasteiger partial charge in [-0.15, -0.1) is 0 Å². The van der Waals surface area contributed by atoms with Crippen molar-refractivity contribution in [2.24, 2.45) is 17.3 Å². The predicted octanol–water partition coefficient (Wildman–Crippen LogP) is 5.90. The van der Waals surface area contributed by atoms with Crippen LogP contribution in [0.1, 0.15) is 67.9 Å². The topological polar surface area (TPSA) is 59.4 Å². The minimum absolute atomic E-state index is 0.0108. The number of nitrogens with zero attached hydrogens (tertiary/aromatic N) is 2. The Bertz CT molecular complexity index is 921. The van der Waals surface area contributed by atoms with E-state index in [9.17, 15) is 31.1 Å². The number of rotatable bonds is 5. The maximum atomic E-state index is 13.1. The molecule has 5 nitrogen and oxygen atoms in total. The van der Waals surface area contributed by atoms with Gasteiger partial charge in [0.1, 0.15) is 5.84 Å². The second kappa shape index (κ2) is 11.2. The molecule has 2 fully saturated rings. The van der Waals surface area contributed by atoms with Gasteiger partial charge in [0.25, 0.3) is 5.91 Å². The Hall–Kier alpha value is -2.30. The first-order valence-corrected chi connectivity index (χ1v) is 12.7. The van der Waals surface area contributed by atoms with Crippen molar-refractivity contribution in [3.63, 3.8) is 0 Å². The number of hydrogen-bond acceptors (Lipinski definition) is 3. The normalized spacial score (nSPS) is 19.2. The number of benzene rings is 1. The van der Waals surface area contributed by atoms with Gasteiger partial charge in [0, 0.05) is 25.2 Å². The van der Waals surface area contributed by atoms with Crippen LogP contribution in [0, 0.1) is 22.7 Å². The van der Waals surface area contributed by atoms with Crippen molar-refractivity contribution in [2.75, 3.05) is 39.3 Å². The summed E-state index contributed by atoms with van der Waals surface area (Å²) in [5.74, 6) is 0.354. The molecule has 37 heavy (non-hydrogen) atoms. The average Bonchev–Trinajstić information content (AvgIpc) is 2.81. The number of amidine groups is 1. The van der Waals surface area contributed by atoms with Gasteiger partial charge in [-0.25, -0.2) is 0 Å². The molecule has 2 N–H and O–H groups in total. The first-order chi connectivity index (χ1) is 17.0. The van der Waals surface area contributed by atoms with Gasteiger partial charge in [-0.2, -0.15) is 26.3 Å². The van der Waals surface area contributed by atoms with Crippen LogP contribution in [0.3, 0.4) is 0 Å². The predicted molar refractivity (Wildman–Crippen MR) is 129 cm³/mol. The van der Waals surface area contributed by atoms with E-state index in [1.807, 2.05) is 0 Å². The Balaban J connectivity index is 1.47. The molecule has 1 amide bonds. The zero-order valence-corrected chi connectivity index (χ0v) is 21.5. The fourth-order valence-electron chi connectivity index (χ4n) is 5.10. The number of alkyl halides is 6. The minimum Gasteiger partial charge on any atom is -0.359 e. The number of halogens is 6. The van der Waals surface area contributed by atoms with Crippen molar-refractivity contribution in [2.45, 2.75) is 58.8 Å². The van der Waals surface area contributed by atoms with E-state index in [0.717, 1.165) is 38.8 Å². The zero-order chi connectivity index (χ0) is 27.6. The summed E-state index contributed by atoms with van der Waals surface area (Å²) in [6.45, 7) is 10.7. The summed E-state index contributed by atoms with van der Waals surface area (Å²) >= 11 is 0. The molecule has 1 aromatic rings. The van der Waals surface area contributed by atoms with E-state index in [2.05, 4.69) is 35.9 Å². The summed E-state index contributed by atoms with van der Waals surface area (Å²) in [5, 5.41) is 11.0. The van der Waals surface area contributed by atoms with Crippen LogP contribution in [0.25, 0.3) is 0 Å². The highest BCUT2D eigenvalue weighted by Gasteiger charge is 2.37. The molecular weight excluding hydrogens is 498 g/mol. The molecule has 0 saturated carbocycles. The Morgan fingerprint density at radius 1 is 0.892 bits per heavy atom. The monoisotopic (exact) mass is 534 g/mol. The zero-order valence-electron chi connectivity index (χ0n) is 21.5. The molecule has 0 aliphatic carbocycles. The van der Waals surface area contributed by atoms with E-state index < -0.39 is 35.0 Å². The van der Waals surface area contributed by atoms with Gasteiger partial charge in [-0.05, 0) is 74.2 Å². The highest BCUT2D eigenvalue weighted by atomic mass is 19.4. The first kappa shape index (κ1) is 29.3. The molecule has 0 atom stereocenters. The van der Waals surface area contributed by atoms with Gasteiger partial charge in [0.2, 0.25) is 0 Å². The third-order valence-electron chi connectivity index (χ3n) is 7.58. The molecule has 3 rings (SSSR count). The van der Waals surface area contributed by atoms with Crippen molar-refractivity contribution in [1.29, 1.82) is 5.41 Å². The number of amides is 1. The van der Waals surface area contributed by atoms with Crippen molar-refractivity contribution >= 4 is 11.7 Å². The molecule has 0 bridgehead atoms. The van der Waals surface area contributed by atoms with E-state index in [4.69, 9.17) is 5.41 Å². The van der Waals surface area contributed by atoms with Crippen LogP contribution in [0.15, 0.2) is 18.2 Å². The number of hydrogen-bond donors (Lipinski definition) is 2. The fourth-order valence-corrected chi connectivity index (χ4v) is 5.10. The molecule has 2 aliphatic heterocycles. The van der Waals surface area contributed by atoms with Gasteiger partial charge in [0.05, 0.1) is 17.7 Å². The third-order valence-corrected chi connectivity index (χ3v) is 7.58. The number of likely N-dealkylation sites (tertiary alicyclic amines) is 2. The number of carbonyl (C=O) groups is 1. The van der Waals surface area contributed by atoms with Crippen LogP contribution in [0.2, 0.25) is 0 Å². The fraction of sp³-hybridized carbons (Fsp3) is 0.692. The summed E-state index contributed by atoms with van der Waals surface area (Å²) in [5.41, 5.74) is -3.41. The lowest BCUT2D eigenvalue weighted by atomic mass is 9.75. The maximum absolute atomic E-state index is 13.1. The van der Waals surface area contributed by atoms with Crippen molar-refractivity contribution < 1.29 is 31.1 Å². The molecule has 208 valence electrons. The molecule has 0 radical (unpaired) electrons. The largest absolute Gasteiger partial charge is 0.416 e. The third kappa shape index (κ3) is 8.09. The Morgan fingerprint density at radius 3 is 1.86 bits per heavy atom. The molecule has 2 saturated heterocycles. The smallest absolute Gasteiger partial charge is 0.359 e. The second-order valence-corrected chi connectivity index (χ2v) is 11.3. The van der Waals surface area contributed by atoms with Crippen LogP contribution in [-0.2, 0) is 12.4 Å². The molecule has 2 heterocycles. The average molecular weight is 535 g/mol. The summed E-state index contributed by atoms with van der Waals surface area (Å²) < 4.78 is 78.4. The first-order valence-electron chi connectivity index (χ1n) is 12.7. The quantitative estimate of drug-likeness (QED) is 0.281. The van der Waals surface area contributed by atoms with Crippen LogP contribution in [-0.4, -0.2) is 60.8 Å². The van der Waals surface area contributed by atoms with Crippen molar-refractivity contribution in [3.05, 3.63) is 34.9 Å². The minimum atomic E-state index is -5.00. The highest BCUT2D eigenvalue weighted by Crippen LogP contribution is 2.37. The van der Waals surface area contributed by atoms with E-state index >= 15 is 0 Å². The lowest BCUT2D eigenvalue weighted by Crippen LogP contribution is -2.47. The summed E-state index contributed by atoms with van der Waals surface area (Å²) in [6, 6.07) is 0.906. The summed E-state index contributed by atoms with van der Waals surface area (Å²) in [4.78, 5) is 16.7. The van der Waals surface area contributed by atoms with E-state index in [1.54, 1.807) is 0 Å². The highest BCUT2D eigenvalue weighted by molar-refractivity contribution is 5.94. The van der Waals surface area contributed by atoms with Crippen molar-refractivity contribution in [3.8, 4) is 0 Å². The van der Waals surface area contributed by atoms with Gasteiger partial charge < -0.3 is 10.2 Å². The molecule has 0 unspecified atom stereocenters. The van der Waals surface area contributed by atoms with Gasteiger partial charge in [0.15, 0.2) is 0 Å². The molecule has 0 aromatic heterocycles. The SMILES string of the molecule is CC(C)(C)C1CCN(C(=N)CN2CCC(CNC(=O)c3cc(C(F)(F)F)cc(C(F)(F)F)c3)CC2)CC1. The van der Waals surface area contributed by atoms with Gasteiger partial charge in [-0.3, -0.25) is 15.1 Å². The number of carbonyl (C=O) groups excluding carboxylic acids is 1. The Kier molecular flexibility index (Phi) is 8.86. The number of nitrogens with one attached hydrogen (secondary N) is 2. The molecule has 0 spiro atoms. The van der Waals surface area contributed by atoms with E-state index in [0.29, 0.717) is 43.5 Å². The molecule has 11 heteroatoms. The maximum Gasteiger partial charge on any atom is 0.416 e. The van der Waals surface area contributed by atoms with Gasteiger partial charge >= 0.3 is 12.4 Å². The second-order valence-electron chi connectivity index (χ2n) is 11.3. The van der Waals surface area contributed by atoms with E-state index in [1.165, 1.54) is 0 Å². The lowest BCUT2D eigenvalue weighted by molar-refractivity contribution is -0.143. The standard InChI is InChI=1S/C26H36F6N4O/c1-24(2,3)19-6-10-36(11-7-19)22(33)16-35-8-4-17(5-9-35)15-34-23(37)18-12-20(25(27,28)29)14-21(13-18)26(30,31)32/h12-14,17,19,33H,4-11,15-16H2,1-3H3,(H,34,37). The Morgan fingerprint density at radius 2 is 1.41 bits per heavy atom. The lowest BCUT2D eigenvalue weighted by Gasteiger charge is -2.41. The summed E-state index contributed by atoms with van der Waals surface area (Å²) in [6.07, 6.45) is -6.42. The molecule has 2 aliphatic rings. The van der Waals surface area contributed by atoms with E-state index in [-0.39, 0.29) is 23.9 Å². The number of piperidine rings is 2. The van der Waals surface area contributed by atoms with Crippen molar-refractivity contribution in [1.82, 2.24) is 15.1 Å². The van der Waals surface area contributed by atoms with Crippen LogP contribution in [0.4, 0.5) is 26.3 Å². The molecular formula is C26H36F6N4O. The van der Waals surface area contributed by atoms with Gasteiger partial charge in [-0.1, -0.05) is 20.8 Å².